The van der Waals surface area contributed by atoms with E-state index >= 15 is 0 Å². The van der Waals surface area contributed by atoms with Gasteiger partial charge in [0.15, 0.2) is 5.54 Å². The number of rotatable bonds is 26. The van der Waals surface area contributed by atoms with E-state index in [1.54, 1.807) is 6.92 Å². The van der Waals surface area contributed by atoms with Crippen LogP contribution in [0.2, 0.25) is 0 Å². The Bertz CT molecular complexity index is 1720. The van der Waals surface area contributed by atoms with E-state index in [9.17, 15) is 47.8 Å². The number of hydrogen-bond acceptors (Lipinski definition) is 11. The third-order valence-corrected chi connectivity index (χ3v) is 10.7. The standard InChI is InChI=1S/C29H39F2N3O5.C16H28N2O5/c1-4-6-10-24(35)16-29(27(36)37,34-28(38)39-3)25(18-33-17-20-9-7-8-19(5-2)11-20)26(32)14-21-12-22(30)15-23(31)13-21;1-2-23-15(20)7-6-10-17-13(16(21)22)8-9-14(19)18-11-4-3-5-12-18/h7-9,11-13,15,25-26,33H,4-6,10,14,16-18,32H2,1-3H3,(H,34,38)(H,36,37);13,17H,2-12H2,1H3,(H,21,22)/t25-,26?,29+;13-/m11/s1. The van der Waals surface area contributed by atoms with E-state index in [1.165, 1.54) is 0 Å². The van der Waals surface area contributed by atoms with Crippen LogP contribution < -0.4 is 21.7 Å². The zero-order chi connectivity index (χ0) is 46.1. The third kappa shape index (κ3) is 18.9. The van der Waals surface area contributed by atoms with Gasteiger partial charge in [-0.2, -0.15) is 0 Å². The topological polar surface area (TPSA) is 227 Å². The Morgan fingerprint density at radius 2 is 1.56 bits per heavy atom. The molecule has 1 unspecified atom stereocenters. The Morgan fingerprint density at radius 1 is 0.887 bits per heavy atom. The van der Waals surface area contributed by atoms with Gasteiger partial charge in [-0.15, -0.1) is 0 Å². The van der Waals surface area contributed by atoms with E-state index < -0.39 is 59.6 Å². The van der Waals surface area contributed by atoms with E-state index in [4.69, 9.17) is 15.2 Å². The number of benzene rings is 2. The maximum Gasteiger partial charge on any atom is 0.407 e. The lowest BCUT2D eigenvalue weighted by atomic mass is 9.73. The molecular formula is C45H67F2N5O10. The molecule has 62 heavy (non-hydrogen) atoms. The Hall–Kier alpha value is -5.00. The Labute approximate surface area is 363 Å². The van der Waals surface area contributed by atoms with Crippen molar-refractivity contribution in [3.63, 3.8) is 0 Å². The number of carboxylic acid groups (broad SMARTS) is 2. The number of carboxylic acids is 2. The number of aryl methyl sites for hydroxylation is 1. The van der Waals surface area contributed by atoms with Crippen LogP contribution in [0.3, 0.4) is 0 Å². The summed E-state index contributed by atoms with van der Waals surface area (Å²) in [6, 6.07) is 9.04. The highest BCUT2D eigenvalue weighted by atomic mass is 19.1. The monoisotopic (exact) mass is 875 g/mol. The highest BCUT2D eigenvalue weighted by molar-refractivity contribution is 5.92. The molecule has 346 valence electrons. The van der Waals surface area contributed by atoms with Crippen molar-refractivity contribution in [2.75, 3.05) is 39.9 Å². The largest absolute Gasteiger partial charge is 0.480 e. The van der Waals surface area contributed by atoms with Gasteiger partial charge in [0.25, 0.3) is 0 Å². The van der Waals surface area contributed by atoms with E-state index in [2.05, 4.69) is 16.0 Å². The number of carbonyl (C=O) groups excluding carboxylic acids is 4. The van der Waals surface area contributed by atoms with Gasteiger partial charge in [0.05, 0.1) is 13.7 Å². The number of ketones is 1. The molecule has 1 fully saturated rings. The maximum atomic E-state index is 13.9. The molecule has 4 atom stereocenters. The summed E-state index contributed by atoms with van der Waals surface area (Å²) in [4.78, 5) is 74.5. The van der Waals surface area contributed by atoms with Gasteiger partial charge < -0.3 is 46.3 Å². The number of unbranched alkanes of at least 4 members (excludes halogenated alkanes) is 1. The molecule has 1 heterocycles. The fraction of sp³-hybridized carbons (Fsp3) is 0.600. The van der Waals surface area contributed by atoms with Crippen LogP contribution in [0.25, 0.3) is 0 Å². The molecule has 1 aliphatic rings. The van der Waals surface area contributed by atoms with Gasteiger partial charge in [-0.25, -0.2) is 18.4 Å². The summed E-state index contributed by atoms with van der Waals surface area (Å²) in [6.45, 7) is 8.35. The fourth-order valence-corrected chi connectivity index (χ4v) is 7.35. The predicted octanol–water partition coefficient (Wildman–Crippen LogP) is 5.30. The summed E-state index contributed by atoms with van der Waals surface area (Å²) in [5, 5.41) is 28.2. The minimum Gasteiger partial charge on any atom is -0.480 e. The molecule has 0 aromatic heterocycles. The van der Waals surface area contributed by atoms with E-state index in [1.807, 2.05) is 43.0 Å². The summed E-state index contributed by atoms with van der Waals surface area (Å²) >= 11 is 0. The zero-order valence-corrected chi connectivity index (χ0v) is 36.6. The summed E-state index contributed by atoms with van der Waals surface area (Å²) < 4.78 is 37.3. The van der Waals surface area contributed by atoms with Gasteiger partial charge in [-0.3, -0.25) is 19.2 Å². The second-order valence-corrected chi connectivity index (χ2v) is 15.5. The maximum absolute atomic E-state index is 13.9. The summed E-state index contributed by atoms with van der Waals surface area (Å²) in [5.74, 6) is -5.69. The van der Waals surface area contributed by atoms with Crippen LogP contribution >= 0.6 is 0 Å². The molecule has 0 aliphatic carbocycles. The lowest BCUT2D eigenvalue weighted by molar-refractivity contribution is -0.150. The van der Waals surface area contributed by atoms with Crippen molar-refractivity contribution in [1.82, 2.24) is 20.9 Å². The number of amides is 2. The number of nitrogens with one attached hydrogen (secondary N) is 3. The fourth-order valence-electron chi connectivity index (χ4n) is 7.35. The van der Waals surface area contributed by atoms with Gasteiger partial charge in [0.1, 0.15) is 23.5 Å². The number of piperidine rings is 1. The highest BCUT2D eigenvalue weighted by Crippen LogP contribution is 2.29. The lowest BCUT2D eigenvalue weighted by Gasteiger charge is -2.40. The second-order valence-electron chi connectivity index (χ2n) is 15.5. The SMILES string of the molecule is CCCCC(=O)C[C@@](NC(=O)OC)(C(=O)O)[C@H](CNCc1cccc(CC)c1)C(N)Cc1cc(F)cc(F)c1.CCOC(=O)CCCN[C@H](CCC(=O)N1CCCCC1)C(=O)O. The molecule has 7 N–H and O–H groups in total. The minimum atomic E-state index is -2.14. The number of nitrogens with zero attached hydrogens (tertiary/aromatic N) is 1. The van der Waals surface area contributed by atoms with Gasteiger partial charge in [-0.1, -0.05) is 44.5 Å². The van der Waals surface area contributed by atoms with Crippen molar-refractivity contribution in [2.45, 2.75) is 128 Å². The van der Waals surface area contributed by atoms with Crippen LogP contribution in [0.15, 0.2) is 42.5 Å². The molecule has 1 aliphatic heterocycles. The summed E-state index contributed by atoms with van der Waals surface area (Å²) in [5.41, 5.74) is 6.70. The molecule has 0 radical (unpaired) electrons. The Kier molecular flexibility index (Phi) is 24.5. The average Bonchev–Trinajstić information content (AvgIpc) is 3.23. The number of hydrogen-bond donors (Lipinski definition) is 6. The van der Waals surface area contributed by atoms with Crippen molar-refractivity contribution in [2.24, 2.45) is 11.7 Å². The predicted molar refractivity (Wildman–Crippen MR) is 229 cm³/mol. The normalized spacial score (nSPS) is 14.9. The molecule has 1 saturated heterocycles. The Balaban J connectivity index is 0.000000489. The zero-order valence-electron chi connectivity index (χ0n) is 36.6. The molecule has 2 aromatic rings. The van der Waals surface area contributed by atoms with Crippen molar-refractivity contribution in [1.29, 1.82) is 0 Å². The van der Waals surface area contributed by atoms with Crippen LogP contribution in [0.5, 0.6) is 0 Å². The van der Waals surface area contributed by atoms with E-state index in [-0.39, 0.29) is 61.9 Å². The molecule has 2 amide bonds. The second kappa shape index (κ2) is 28.6. The number of alkyl carbamates (subject to hydrolysis) is 1. The van der Waals surface area contributed by atoms with E-state index in [0.717, 1.165) is 81.6 Å². The van der Waals surface area contributed by atoms with Crippen molar-refractivity contribution >= 4 is 35.7 Å². The van der Waals surface area contributed by atoms with Crippen molar-refractivity contribution in [3.05, 3.63) is 70.8 Å². The quantitative estimate of drug-likeness (QED) is 0.0522. The van der Waals surface area contributed by atoms with Crippen LogP contribution in [-0.4, -0.2) is 108 Å². The van der Waals surface area contributed by atoms with Gasteiger partial charge in [-0.05, 0) is 93.7 Å². The molecule has 15 nitrogen and oxygen atoms in total. The molecule has 17 heteroatoms. The highest BCUT2D eigenvalue weighted by Gasteiger charge is 2.51. The smallest absolute Gasteiger partial charge is 0.407 e. The number of esters is 1. The number of Topliss-reactive ketones (excluding diaryl/α,β-unsaturated/α-hetero) is 1. The molecular weight excluding hydrogens is 809 g/mol. The third-order valence-electron chi connectivity index (χ3n) is 10.7. The van der Waals surface area contributed by atoms with Crippen LogP contribution in [0, 0.1) is 17.6 Å². The first kappa shape index (κ1) is 53.1. The number of ether oxygens (including phenoxy) is 2. The van der Waals surface area contributed by atoms with Gasteiger partial charge in [0, 0.05) is 69.9 Å². The first-order chi connectivity index (χ1) is 29.6. The van der Waals surface area contributed by atoms with Gasteiger partial charge >= 0.3 is 24.0 Å². The molecule has 0 saturated carbocycles. The number of nitrogens with two attached hydrogens (primary N) is 1. The first-order valence-electron chi connectivity index (χ1n) is 21.6. The minimum absolute atomic E-state index is 0.0212. The number of halogens is 2. The number of likely N-dealkylation sites (tertiary alicyclic amines) is 1. The lowest BCUT2D eigenvalue weighted by Crippen LogP contribution is -2.66. The average molecular weight is 876 g/mol. The number of aliphatic carboxylic acids is 2. The molecule has 3 rings (SSSR count). The van der Waals surface area contributed by atoms with Crippen molar-refractivity contribution in [3.8, 4) is 0 Å². The molecule has 0 spiro atoms. The van der Waals surface area contributed by atoms with Crippen molar-refractivity contribution < 1.29 is 57.2 Å². The Morgan fingerprint density at radius 3 is 2.16 bits per heavy atom. The molecule has 0 bridgehead atoms. The van der Waals surface area contributed by atoms with Gasteiger partial charge in [0.2, 0.25) is 5.91 Å². The van der Waals surface area contributed by atoms with Crippen LogP contribution in [0.4, 0.5) is 13.6 Å². The number of carbonyl (C=O) groups is 6. The molecule has 2 aromatic carbocycles. The summed E-state index contributed by atoms with van der Waals surface area (Å²) in [6.07, 6.45) is 5.08. The number of methoxy groups -OCH3 is 1. The van der Waals surface area contributed by atoms with Crippen LogP contribution in [0.1, 0.15) is 108 Å². The first-order valence-corrected chi connectivity index (χ1v) is 21.6. The van der Waals surface area contributed by atoms with Crippen LogP contribution in [-0.2, 0) is 52.8 Å². The summed E-state index contributed by atoms with van der Waals surface area (Å²) in [7, 11) is 1.09. The van der Waals surface area contributed by atoms with E-state index in [0.29, 0.717) is 32.5 Å².